The molecule has 142 valence electrons. The molecule has 1 heterocycles. The van der Waals surface area contributed by atoms with Crippen molar-refractivity contribution >= 4 is 17.5 Å². The van der Waals surface area contributed by atoms with E-state index in [1.54, 1.807) is 25.2 Å². The molecular weight excluding hydrogens is 357 g/mol. The van der Waals surface area contributed by atoms with Gasteiger partial charge in [0.25, 0.3) is 11.8 Å². The van der Waals surface area contributed by atoms with Gasteiger partial charge in [0.05, 0.1) is 11.1 Å². The molecule has 0 fully saturated rings. The minimum atomic E-state index is -0.360. The van der Waals surface area contributed by atoms with Crippen LogP contribution < -0.4 is 10.2 Å². The van der Waals surface area contributed by atoms with Crippen molar-refractivity contribution in [3.63, 3.8) is 0 Å². The third-order valence-electron chi connectivity index (χ3n) is 4.33. The second kappa shape index (κ2) is 8.90. The lowest BCUT2D eigenvalue weighted by Gasteiger charge is -2.17. The molecule has 0 atom stereocenters. The number of benzene rings is 2. The van der Waals surface area contributed by atoms with Gasteiger partial charge in [-0.3, -0.25) is 14.6 Å². The number of anilines is 1. The SMILES string of the molecule is CN(C(=O)c1cncc(C(=O)NCCc2ccccc2F)c1)c1ccccc1. The zero-order valence-corrected chi connectivity index (χ0v) is 15.4. The number of amides is 2. The number of nitrogens with one attached hydrogen (secondary N) is 1. The van der Waals surface area contributed by atoms with E-state index in [2.05, 4.69) is 10.3 Å². The van der Waals surface area contributed by atoms with E-state index in [0.29, 0.717) is 17.5 Å². The summed E-state index contributed by atoms with van der Waals surface area (Å²) in [6.07, 6.45) is 3.21. The van der Waals surface area contributed by atoms with Crippen molar-refractivity contribution in [1.29, 1.82) is 0 Å². The van der Waals surface area contributed by atoms with Crippen molar-refractivity contribution in [1.82, 2.24) is 10.3 Å². The quantitative estimate of drug-likeness (QED) is 0.716. The summed E-state index contributed by atoms with van der Waals surface area (Å²) >= 11 is 0. The molecule has 2 aromatic carbocycles. The van der Waals surface area contributed by atoms with Gasteiger partial charge in [-0.15, -0.1) is 0 Å². The van der Waals surface area contributed by atoms with Crippen molar-refractivity contribution in [2.45, 2.75) is 6.42 Å². The first kappa shape index (κ1) is 19.2. The van der Waals surface area contributed by atoms with Crippen LogP contribution in [0.1, 0.15) is 26.3 Å². The summed E-state index contributed by atoms with van der Waals surface area (Å²) in [5.41, 5.74) is 1.87. The normalized spacial score (nSPS) is 10.4. The summed E-state index contributed by atoms with van der Waals surface area (Å²) in [5, 5.41) is 2.73. The standard InChI is InChI=1S/C22H20FN3O2/c1-26(19-8-3-2-4-9-19)22(28)18-13-17(14-24-15-18)21(27)25-12-11-16-7-5-6-10-20(16)23/h2-10,13-15H,11-12H2,1H3,(H,25,27). The fourth-order valence-electron chi connectivity index (χ4n) is 2.76. The van der Waals surface area contributed by atoms with E-state index >= 15 is 0 Å². The van der Waals surface area contributed by atoms with Gasteiger partial charge in [0.15, 0.2) is 0 Å². The third kappa shape index (κ3) is 4.59. The number of pyridine rings is 1. The molecule has 1 aromatic heterocycles. The maximum absolute atomic E-state index is 13.6. The number of carbonyl (C=O) groups is 2. The number of carbonyl (C=O) groups excluding carboxylic acids is 2. The summed E-state index contributed by atoms with van der Waals surface area (Å²) in [7, 11) is 1.67. The van der Waals surface area contributed by atoms with Crippen molar-refractivity contribution in [3.05, 3.63) is 95.6 Å². The van der Waals surface area contributed by atoms with Gasteiger partial charge in [-0.05, 0) is 36.2 Å². The zero-order valence-electron chi connectivity index (χ0n) is 15.4. The second-order valence-corrected chi connectivity index (χ2v) is 6.26. The highest BCUT2D eigenvalue weighted by atomic mass is 19.1. The molecule has 0 spiro atoms. The first-order valence-electron chi connectivity index (χ1n) is 8.86. The second-order valence-electron chi connectivity index (χ2n) is 6.26. The predicted octanol–water partition coefficient (Wildman–Crippen LogP) is 3.47. The van der Waals surface area contributed by atoms with Gasteiger partial charge in [0.2, 0.25) is 0 Å². The topological polar surface area (TPSA) is 62.3 Å². The number of halogens is 1. The van der Waals surface area contributed by atoms with Crippen molar-refractivity contribution in [2.75, 3.05) is 18.5 Å². The lowest BCUT2D eigenvalue weighted by atomic mass is 10.1. The summed E-state index contributed by atoms with van der Waals surface area (Å²) in [5.74, 6) is -0.921. The average molecular weight is 377 g/mol. The molecule has 0 saturated heterocycles. The smallest absolute Gasteiger partial charge is 0.259 e. The zero-order chi connectivity index (χ0) is 19.9. The third-order valence-corrected chi connectivity index (χ3v) is 4.33. The maximum atomic E-state index is 13.6. The van der Waals surface area contributed by atoms with Gasteiger partial charge in [0, 0.05) is 31.7 Å². The molecule has 2 amide bonds. The van der Waals surface area contributed by atoms with Crippen LogP contribution in [0.2, 0.25) is 0 Å². The van der Waals surface area contributed by atoms with E-state index in [-0.39, 0.29) is 29.7 Å². The van der Waals surface area contributed by atoms with Crippen LogP contribution >= 0.6 is 0 Å². The summed E-state index contributed by atoms with van der Waals surface area (Å²) in [6, 6.07) is 17.2. The summed E-state index contributed by atoms with van der Waals surface area (Å²) in [6.45, 7) is 0.280. The number of rotatable bonds is 6. The Labute approximate surface area is 162 Å². The number of hydrogen-bond acceptors (Lipinski definition) is 3. The van der Waals surface area contributed by atoms with Crippen LogP contribution in [0, 0.1) is 5.82 Å². The Morgan fingerprint density at radius 3 is 2.43 bits per heavy atom. The van der Waals surface area contributed by atoms with E-state index in [1.807, 2.05) is 30.3 Å². The van der Waals surface area contributed by atoms with Crippen molar-refractivity contribution in [2.24, 2.45) is 0 Å². The average Bonchev–Trinajstić information content (AvgIpc) is 2.74. The molecule has 28 heavy (non-hydrogen) atoms. The first-order valence-corrected chi connectivity index (χ1v) is 8.86. The van der Waals surface area contributed by atoms with Gasteiger partial charge in [0.1, 0.15) is 5.82 Å². The highest BCUT2D eigenvalue weighted by Gasteiger charge is 2.16. The molecule has 0 unspecified atom stereocenters. The molecule has 6 heteroatoms. The van der Waals surface area contributed by atoms with E-state index in [4.69, 9.17) is 0 Å². The molecule has 0 aliphatic heterocycles. The Morgan fingerprint density at radius 2 is 1.68 bits per heavy atom. The maximum Gasteiger partial charge on any atom is 0.259 e. The van der Waals surface area contributed by atoms with Gasteiger partial charge < -0.3 is 10.2 Å². The molecule has 5 nitrogen and oxygen atoms in total. The molecular formula is C22H20FN3O2. The predicted molar refractivity (Wildman–Crippen MR) is 106 cm³/mol. The number of aromatic nitrogens is 1. The molecule has 0 aliphatic rings. The lowest BCUT2D eigenvalue weighted by Crippen LogP contribution is -2.28. The van der Waals surface area contributed by atoms with Crippen LogP contribution in [-0.2, 0) is 6.42 Å². The highest BCUT2D eigenvalue weighted by molar-refractivity contribution is 6.07. The summed E-state index contributed by atoms with van der Waals surface area (Å²) in [4.78, 5) is 30.5. The van der Waals surface area contributed by atoms with E-state index in [1.165, 1.54) is 29.4 Å². The molecule has 0 radical (unpaired) electrons. The van der Waals surface area contributed by atoms with E-state index < -0.39 is 0 Å². The first-order chi connectivity index (χ1) is 13.6. The van der Waals surface area contributed by atoms with Crippen LogP contribution in [0.15, 0.2) is 73.1 Å². The monoisotopic (exact) mass is 377 g/mol. The Morgan fingerprint density at radius 1 is 1.00 bits per heavy atom. The molecule has 0 saturated carbocycles. The number of para-hydroxylation sites is 1. The molecule has 1 N–H and O–H groups in total. The molecule has 3 rings (SSSR count). The fourth-order valence-corrected chi connectivity index (χ4v) is 2.76. The Balaban J connectivity index is 1.64. The number of nitrogens with zero attached hydrogens (tertiary/aromatic N) is 2. The van der Waals surface area contributed by atoms with Crippen LogP contribution in [-0.4, -0.2) is 30.4 Å². The molecule has 0 aliphatic carbocycles. The minimum absolute atomic E-state index is 0.264. The van der Waals surface area contributed by atoms with Crippen LogP contribution in [0.5, 0.6) is 0 Å². The highest BCUT2D eigenvalue weighted by Crippen LogP contribution is 2.15. The largest absolute Gasteiger partial charge is 0.352 e. The summed E-state index contributed by atoms with van der Waals surface area (Å²) < 4.78 is 13.6. The van der Waals surface area contributed by atoms with Gasteiger partial charge in [-0.2, -0.15) is 0 Å². The lowest BCUT2D eigenvalue weighted by molar-refractivity contribution is 0.0953. The molecule has 3 aromatic rings. The Hall–Kier alpha value is -3.54. The fraction of sp³-hybridized carbons (Fsp3) is 0.136. The molecule has 0 bridgehead atoms. The Kier molecular flexibility index (Phi) is 6.11. The van der Waals surface area contributed by atoms with Gasteiger partial charge in [-0.25, -0.2) is 4.39 Å². The Bertz CT molecular complexity index is 976. The van der Waals surface area contributed by atoms with E-state index in [0.717, 1.165) is 5.69 Å². The van der Waals surface area contributed by atoms with E-state index in [9.17, 15) is 14.0 Å². The van der Waals surface area contributed by atoms with Gasteiger partial charge in [-0.1, -0.05) is 36.4 Å². The van der Waals surface area contributed by atoms with Crippen LogP contribution in [0.4, 0.5) is 10.1 Å². The number of hydrogen-bond donors (Lipinski definition) is 1. The van der Waals surface area contributed by atoms with Crippen molar-refractivity contribution < 1.29 is 14.0 Å². The van der Waals surface area contributed by atoms with Gasteiger partial charge >= 0.3 is 0 Å². The van der Waals surface area contributed by atoms with Crippen LogP contribution in [0.25, 0.3) is 0 Å². The van der Waals surface area contributed by atoms with Crippen LogP contribution in [0.3, 0.4) is 0 Å². The van der Waals surface area contributed by atoms with Crippen molar-refractivity contribution in [3.8, 4) is 0 Å². The minimum Gasteiger partial charge on any atom is -0.352 e.